The number of nitrogens with zero attached hydrogens (tertiary/aromatic N) is 2. The molecule has 1 N–H and O–H groups in total. The highest BCUT2D eigenvalue weighted by molar-refractivity contribution is 6.99. The number of anilines is 1. The molecule has 1 heterocycles. The van der Waals surface area contributed by atoms with Crippen molar-refractivity contribution in [1.29, 1.82) is 0 Å². The highest BCUT2D eigenvalue weighted by atomic mass is 32.1. The second-order valence-electron chi connectivity index (χ2n) is 3.94. The van der Waals surface area contributed by atoms with Gasteiger partial charge in [-0.1, -0.05) is 37.6 Å². The fourth-order valence-electron chi connectivity index (χ4n) is 1.78. The van der Waals surface area contributed by atoms with Crippen molar-refractivity contribution in [2.45, 2.75) is 26.7 Å². The van der Waals surface area contributed by atoms with Gasteiger partial charge in [0.15, 0.2) is 5.82 Å². The predicted octanol–water partition coefficient (Wildman–Crippen LogP) is 3.59. The molecule has 0 amide bonds. The van der Waals surface area contributed by atoms with E-state index in [0.717, 1.165) is 30.0 Å². The van der Waals surface area contributed by atoms with E-state index in [1.54, 1.807) is 0 Å². The summed E-state index contributed by atoms with van der Waals surface area (Å²) in [6.45, 7) is 5.13. The van der Waals surface area contributed by atoms with Crippen LogP contribution in [0.1, 0.15) is 25.8 Å². The van der Waals surface area contributed by atoms with Gasteiger partial charge in [0.05, 0.1) is 11.7 Å². The van der Waals surface area contributed by atoms with Crippen molar-refractivity contribution in [2.75, 3.05) is 11.9 Å². The van der Waals surface area contributed by atoms with Crippen molar-refractivity contribution in [3.8, 4) is 11.3 Å². The topological polar surface area (TPSA) is 37.8 Å². The zero-order valence-electron chi connectivity index (χ0n) is 10.2. The normalized spacial score (nSPS) is 10.5. The van der Waals surface area contributed by atoms with Crippen molar-refractivity contribution >= 4 is 17.5 Å². The Kier molecular flexibility index (Phi) is 4.09. The minimum atomic E-state index is 0.867. The molecule has 0 atom stereocenters. The van der Waals surface area contributed by atoms with Gasteiger partial charge in [0.1, 0.15) is 5.69 Å². The maximum absolute atomic E-state index is 4.35. The molecule has 3 nitrogen and oxygen atoms in total. The summed E-state index contributed by atoms with van der Waals surface area (Å²) in [7, 11) is 0. The van der Waals surface area contributed by atoms with E-state index in [1.165, 1.54) is 23.7 Å². The van der Waals surface area contributed by atoms with Crippen LogP contribution in [0.4, 0.5) is 5.82 Å². The number of nitrogens with one attached hydrogen (secondary N) is 1. The predicted molar refractivity (Wildman–Crippen MR) is 73.5 cm³/mol. The molecule has 0 saturated heterocycles. The molecule has 0 unspecified atom stereocenters. The molecule has 2 rings (SSSR count). The largest absolute Gasteiger partial charge is 0.368 e. The Morgan fingerprint density at radius 3 is 2.53 bits per heavy atom. The number of aromatic nitrogens is 2. The summed E-state index contributed by atoms with van der Waals surface area (Å²) in [6, 6.07) is 8.60. The first-order chi connectivity index (χ1) is 8.35. The van der Waals surface area contributed by atoms with Gasteiger partial charge in [0.25, 0.3) is 0 Å². The van der Waals surface area contributed by atoms with Crippen LogP contribution in [0.2, 0.25) is 0 Å². The van der Waals surface area contributed by atoms with Crippen molar-refractivity contribution in [3.05, 3.63) is 29.8 Å². The number of benzene rings is 1. The molecule has 1 aromatic carbocycles. The molecule has 0 saturated carbocycles. The van der Waals surface area contributed by atoms with E-state index in [1.807, 2.05) is 0 Å². The number of rotatable bonds is 5. The van der Waals surface area contributed by atoms with E-state index in [-0.39, 0.29) is 0 Å². The molecule has 90 valence electrons. The van der Waals surface area contributed by atoms with Crippen LogP contribution in [0.25, 0.3) is 11.3 Å². The highest BCUT2D eigenvalue weighted by Crippen LogP contribution is 2.26. The van der Waals surface area contributed by atoms with E-state index in [4.69, 9.17) is 0 Å². The van der Waals surface area contributed by atoms with Gasteiger partial charge in [-0.25, -0.2) is 0 Å². The third kappa shape index (κ3) is 2.82. The molecule has 0 fully saturated rings. The summed E-state index contributed by atoms with van der Waals surface area (Å²) in [5, 5.41) is 3.23. The van der Waals surface area contributed by atoms with Crippen LogP contribution in [-0.2, 0) is 6.42 Å². The number of aryl methyl sites for hydroxylation is 1. The second kappa shape index (κ2) is 5.77. The second-order valence-corrected chi connectivity index (χ2v) is 4.47. The number of hydrogen-bond donors (Lipinski definition) is 1. The van der Waals surface area contributed by atoms with Crippen LogP contribution in [0.5, 0.6) is 0 Å². The summed E-state index contributed by atoms with van der Waals surface area (Å²) >= 11 is 1.25. The molecule has 0 bridgehead atoms. The minimum Gasteiger partial charge on any atom is -0.368 e. The molecule has 0 aliphatic carbocycles. The van der Waals surface area contributed by atoms with E-state index in [0.29, 0.717) is 0 Å². The molecular formula is C13H17N3S. The van der Waals surface area contributed by atoms with Crippen molar-refractivity contribution < 1.29 is 0 Å². The van der Waals surface area contributed by atoms with Gasteiger partial charge in [-0.2, -0.15) is 8.75 Å². The summed E-state index contributed by atoms with van der Waals surface area (Å²) in [5.41, 5.74) is 3.47. The van der Waals surface area contributed by atoms with Gasteiger partial charge in [0.2, 0.25) is 0 Å². The van der Waals surface area contributed by atoms with Gasteiger partial charge >= 0.3 is 0 Å². The lowest BCUT2D eigenvalue weighted by Crippen LogP contribution is -1.98. The lowest BCUT2D eigenvalue weighted by Gasteiger charge is -2.03. The van der Waals surface area contributed by atoms with Gasteiger partial charge in [-0.15, -0.1) is 0 Å². The average molecular weight is 247 g/mol. The zero-order chi connectivity index (χ0) is 12.1. The zero-order valence-corrected chi connectivity index (χ0v) is 11.0. The molecule has 4 heteroatoms. The summed E-state index contributed by atoms with van der Waals surface area (Å²) < 4.78 is 8.61. The third-order valence-electron chi connectivity index (χ3n) is 2.60. The molecule has 1 aromatic heterocycles. The summed E-state index contributed by atoms with van der Waals surface area (Å²) in [5.74, 6) is 0.890. The van der Waals surface area contributed by atoms with E-state index >= 15 is 0 Å². The van der Waals surface area contributed by atoms with Crippen LogP contribution in [-0.4, -0.2) is 15.3 Å². The SMILES string of the molecule is CCCc1ccc(-c2nsnc2NCC)cc1. The molecule has 0 aliphatic rings. The van der Waals surface area contributed by atoms with Gasteiger partial charge in [0, 0.05) is 12.1 Å². The quantitative estimate of drug-likeness (QED) is 0.877. The first-order valence-corrected chi connectivity index (χ1v) is 6.74. The van der Waals surface area contributed by atoms with Crippen molar-refractivity contribution in [2.24, 2.45) is 0 Å². The Bertz CT molecular complexity index is 462. The highest BCUT2D eigenvalue weighted by Gasteiger charge is 2.09. The summed E-state index contributed by atoms with van der Waals surface area (Å²) in [4.78, 5) is 0. The lowest BCUT2D eigenvalue weighted by molar-refractivity contribution is 0.922. The van der Waals surface area contributed by atoms with Gasteiger partial charge in [-0.05, 0) is 18.9 Å². The van der Waals surface area contributed by atoms with Crippen LogP contribution >= 0.6 is 11.7 Å². The minimum absolute atomic E-state index is 0.867. The Labute approximate surface area is 106 Å². The number of hydrogen-bond acceptors (Lipinski definition) is 4. The lowest BCUT2D eigenvalue weighted by atomic mass is 10.1. The Morgan fingerprint density at radius 2 is 1.88 bits per heavy atom. The Morgan fingerprint density at radius 1 is 1.12 bits per heavy atom. The maximum Gasteiger partial charge on any atom is 0.168 e. The van der Waals surface area contributed by atoms with Crippen LogP contribution in [0, 0.1) is 0 Å². The first kappa shape index (κ1) is 12.0. The van der Waals surface area contributed by atoms with E-state index in [9.17, 15) is 0 Å². The van der Waals surface area contributed by atoms with Gasteiger partial charge < -0.3 is 5.32 Å². The third-order valence-corrected chi connectivity index (χ3v) is 3.13. The molecule has 17 heavy (non-hydrogen) atoms. The Balaban J connectivity index is 2.23. The molecule has 0 radical (unpaired) electrons. The Hall–Kier alpha value is -1.42. The van der Waals surface area contributed by atoms with E-state index in [2.05, 4.69) is 52.2 Å². The smallest absolute Gasteiger partial charge is 0.168 e. The fraction of sp³-hybridized carbons (Fsp3) is 0.385. The van der Waals surface area contributed by atoms with Crippen molar-refractivity contribution in [1.82, 2.24) is 8.75 Å². The standard InChI is InChI=1S/C13H17N3S/c1-3-5-10-6-8-11(9-7-10)12-13(14-4-2)16-17-15-12/h6-9H,3-5H2,1-2H3,(H,14,16). The average Bonchev–Trinajstić information content (AvgIpc) is 2.79. The monoisotopic (exact) mass is 247 g/mol. The van der Waals surface area contributed by atoms with E-state index < -0.39 is 0 Å². The van der Waals surface area contributed by atoms with Crippen LogP contribution in [0.3, 0.4) is 0 Å². The van der Waals surface area contributed by atoms with Gasteiger partial charge in [-0.3, -0.25) is 0 Å². The van der Waals surface area contributed by atoms with Crippen molar-refractivity contribution in [3.63, 3.8) is 0 Å². The van der Waals surface area contributed by atoms with Crippen LogP contribution in [0.15, 0.2) is 24.3 Å². The molecular weight excluding hydrogens is 230 g/mol. The molecule has 0 spiro atoms. The molecule has 2 aromatic rings. The molecule has 0 aliphatic heterocycles. The summed E-state index contributed by atoms with van der Waals surface area (Å²) in [6.07, 6.45) is 2.32. The van der Waals surface area contributed by atoms with Crippen LogP contribution < -0.4 is 5.32 Å². The first-order valence-electron chi connectivity index (χ1n) is 6.01. The maximum atomic E-state index is 4.35. The fourth-order valence-corrected chi connectivity index (χ4v) is 2.33.